The smallest absolute Gasteiger partial charge is 0.129 e. The van der Waals surface area contributed by atoms with Gasteiger partial charge < -0.3 is 5.32 Å². The third-order valence-electron chi connectivity index (χ3n) is 2.48. The molecule has 1 fully saturated rings. The lowest BCUT2D eigenvalue weighted by atomic mass is 10.1. The summed E-state index contributed by atoms with van der Waals surface area (Å²) in [5.74, 6) is 1.26. The number of aromatic nitrogens is 1. The summed E-state index contributed by atoms with van der Waals surface area (Å²) < 4.78 is 0.907. The van der Waals surface area contributed by atoms with E-state index in [1.807, 2.05) is 17.8 Å². The van der Waals surface area contributed by atoms with E-state index in [1.165, 1.54) is 12.2 Å². The van der Waals surface area contributed by atoms with Crippen molar-refractivity contribution in [1.82, 2.24) is 4.98 Å². The second-order valence-electron chi connectivity index (χ2n) is 3.46. The van der Waals surface area contributed by atoms with E-state index in [1.54, 1.807) is 6.20 Å². The predicted octanol–water partition coefficient (Wildman–Crippen LogP) is 3.15. The van der Waals surface area contributed by atoms with Crippen LogP contribution in [-0.4, -0.2) is 22.0 Å². The summed E-state index contributed by atoms with van der Waals surface area (Å²) in [6.07, 6.45) is 3.04. The van der Waals surface area contributed by atoms with Crippen LogP contribution < -0.4 is 5.32 Å². The highest BCUT2D eigenvalue weighted by atomic mass is 79.9. The van der Waals surface area contributed by atoms with Gasteiger partial charge in [0.15, 0.2) is 0 Å². The van der Waals surface area contributed by atoms with Gasteiger partial charge in [0.1, 0.15) is 4.60 Å². The van der Waals surface area contributed by atoms with E-state index in [2.05, 4.69) is 39.2 Å². The maximum atomic E-state index is 4.19. The van der Waals surface area contributed by atoms with Crippen molar-refractivity contribution in [2.45, 2.75) is 24.6 Å². The molecule has 2 nitrogen and oxygen atoms in total. The molecule has 1 N–H and O–H groups in total. The average Bonchev–Trinajstić information content (AvgIpc) is 2.56. The largest absolute Gasteiger partial charge is 0.379 e. The Hall–Kier alpha value is -0.220. The number of hydrogen-bond acceptors (Lipinski definition) is 3. The SMILES string of the molecule is CC1SCCC1Nc1cccnc1Br. The average molecular weight is 273 g/mol. The Morgan fingerprint density at radius 3 is 3.14 bits per heavy atom. The maximum absolute atomic E-state index is 4.19. The second kappa shape index (κ2) is 4.53. The minimum atomic E-state index is 0.584. The molecular formula is C10H13BrN2S. The molecule has 2 rings (SSSR count). The van der Waals surface area contributed by atoms with Crippen molar-refractivity contribution >= 4 is 33.4 Å². The summed E-state index contributed by atoms with van der Waals surface area (Å²) in [6.45, 7) is 2.28. The Bertz CT molecular complexity index is 319. The van der Waals surface area contributed by atoms with Gasteiger partial charge in [0, 0.05) is 17.5 Å². The lowest BCUT2D eigenvalue weighted by Crippen LogP contribution is -2.24. The monoisotopic (exact) mass is 272 g/mol. The van der Waals surface area contributed by atoms with E-state index in [-0.39, 0.29) is 0 Å². The molecule has 1 aromatic rings. The molecule has 0 saturated carbocycles. The summed E-state index contributed by atoms with van der Waals surface area (Å²) in [7, 11) is 0. The van der Waals surface area contributed by atoms with Crippen LogP contribution in [0.2, 0.25) is 0 Å². The van der Waals surface area contributed by atoms with Gasteiger partial charge in [-0.15, -0.1) is 0 Å². The highest BCUT2D eigenvalue weighted by Crippen LogP contribution is 2.30. The van der Waals surface area contributed by atoms with Crippen LogP contribution >= 0.6 is 27.7 Å². The molecule has 0 bridgehead atoms. The molecule has 1 saturated heterocycles. The highest BCUT2D eigenvalue weighted by molar-refractivity contribution is 9.10. The molecule has 0 radical (unpaired) electrons. The summed E-state index contributed by atoms with van der Waals surface area (Å²) in [4.78, 5) is 4.19. The molecule has 1 aliphatic heterocycles. The van der Waals surface area contributed by atoms with E-state index in [0.29, 0.717) is 11.3 Å². The molecule has 0 aliphatic carbocycles. The number of nitrogens with one attached hydrogen (secondary N) is 1. The fraction of sp³-hybridized carbons (Fsp3) is 0.500. The van der Waals surface area contributed by atoms with Gasteiger partial charge in [0.25, 0.3) is 0 Å². The number of halogens is 1. The molecule has 2 heterocycles. The third-order valence-corrected chi connectivity index (χ3v) is 4.43. The van der Waals surface area contributed by atoms with E-state index in [4.69, 9.17) is 0 Å². The van der Waals surface area contributed by atoms with Gasteiger partial charge in [-0.3, -0.25) is 0 Å². The van der Waals surface area contributed by atoms with Crippen LogP contribution in [0.1, 0.15) is 13.3 Å². The van der Waals surface area contributed by atoms with Crippen LogP contribution in [0.25, 0.3) is 0 Å². The first-order valence-corrected chi connectivity index (χ1v) is 6.60. The van der Waals surface area contributed by atoms with Crippen molar-refractivity contribution in [3.63, 3.8) is 0 Å². The maximum Gasteiger partial charge on any atom is 0.129 e. The van der Waals surface area contributed by atoms with Crippen molar-refractivity contribution in [3.05, 3.63) is 22.9 Å². The van der Waals surface area contributed by atoms with E-state index in [0.717, 1.165) is 10.3 Å². The summed E-state index contributed by atoms with van der Waals surface area (Å²) in [5.41, 5.74) is 1.10. The number of rotatable bonds is 2. The fourth-order valence-electron chi connectivity index (χ4n) is 1.61. The quantitative estimate of drug-likeness (QED) is 0.838. The molecule has 2 unspecified atom stereocenters. The number of thioether (sulfide) groups is 1. The summed E-state index contributed by atoms with van der Waals surface area (Å²) >= 11 is 5.48. The lowest BCUT2D eigenvalue weighted by Gasteiger charge is -2.18. The van der Waals surface area contributed by atoms with Gasteiger partial charge in [0.2, 0.25) is 0 Å². The molecular weight excluding hydrogens is 260 g/mol. The van der Waals surface area contributed by atoms with E-state index in [9.17, 15) is 0 Å². The first kappa shape index (κ1) is 10.3. The van der Waals surface area contributed by atoms with Crippen molar-refractivity contribution in [1.29, 1.82) is 0 Å². The second-order valence-corrected chi connectivity index (χ2v) is 5.69. The molecule has 0 aromatic carbocycles. The number of nitrogens with zero attached hydrogens (tertiary/aromatic N) is 1. The Labute approximate surface area is 97.0 Å². The van der Waals surface area contributed by atoms with Crippen LogP contribution in [0.3, 0.4) is 0 Å². The Balaban J connectivity index is 2.07. The predicted molar refractivity (Wildman–Crippen MR) is 65.9 cm³/mol. The first-order chi connectivity index (χ1) is 6.77. The molecule has 1 aromatic heterocycles. The van der Waals surface area contributed by atoms with Crippen LogP contribution in [-0.2, 0) is 0 Å². The number of pyridine rings is 1. The summed E-state index contributed by atoms with van der Waals surface area (Å²) in [6, 6.07) is 4.60. The standard InChI is InChI=1S/C10H13BrN2S/c1-7-8(4-6-14-7)13-9-3-2-5-12-10(9)11/h2-3,5,7-8,13H,4,6H2,1H3. The van der Waals surface area contributed by atoms with Gasteiger partial charge >= 0.3 is 0 Å². The molecule has 76 valence electrons. The Morgan fingerprint density at radius 1 is 1.64 bits per heavy atom. The van der Waals surface area contributed by atoms with Gasteiger partial charge in [-0.05, 0) is 40.2 Å². The van der Waals surface area contributed by atoms with Gasteiger partial charge in [0.05, 0.1) is 5.69 Å². The topological polar surface area (TPSA) is 24.9 Å². The van der Waals surface area contributed by atoms with Crippen LogP contribution in [0.15, 0.2) is 22.9 Å². The number of anilines is 1. The zero-order chi connectivity index (χ0) is 9.97. The summed E-state index contributed by atoms with van der Waals surface area (Å²) in [5, 5.41) is 4.23. The van der Waals surface area contributed by atoms with Crippen molar-refractivity contribution in [2.24, 2.45) is 0 Å². The molecule has 0 amide bonds. The number of hydrogen-bond donors (Lipinski definition) is 1. The van der Waals surface area contributed by atoms with Crippen molar-refractivity contribution < 1.29 is 0 Å². The Kier molecular flexibility index (Phi) is 3.34. The van der Waals surface area contributed by atoms with Gasteiger partial charge in [-0.1, -0.05) is 6.92 Å². The minimum absolute atomic E-state index is 0.584. The van der Waals surface area contributed by atoms with Crippen LogP contribution in [0.4, 0.5) is 5.69 Å². The zero-order valence-corrected chi connectivity index (χ0v) is 10.4. The molecule has 14 heavy (non-hydrogen) atoms. The van der Waals surface area contributed by atoms with Crippen LogP contribution in [0.5, 0.6) is 0 Å². The fourth-order valence-corrected chi connectivity index (χ4v) is 3.18. The van der Waals surface area contributed by atoms with Crippen LogP contribution in [0, 0.1) is 0 Å². The van der Waals surface area contributed by atoms with Gasteiger partial charge in [-0.25, -0.2) is 4.98 Å². The van der Waals surface area contributed by atoms with Crippen molar-refractivity contribution in [2.75, 3.05) is 11.1 Å². The van der Waals surface area contributed by atoms with E-state index >= 15 is 0 Å². The normalized spacial score (nSPS) is 26.4. The highest BCUT2D eigenvalue weighted by Gasteiger charge is 2.24. The Morgan fingerprint density at radius 2 is 2.50 bits per heavy atom. The zero-order valence-electron chi connectivity index (χ0n) is 8.03. The third kappa shape index (κ3) is 2.23. The minimum Gasteiger partial charge on any atom is -0.379 e. The first-order valence-electron chi connectivity index (χ1n) is 4.76. The van der Waals surface area contributed by atoms with E-state index < -0.39 is 0 Å². The molecule has 1 aliphatic rings. The molecule has 0 spiro atoms. The lowest BCUT2D eigenvalue weighted by molar-refractivity contribution is 0.723. The van der Waals surface area contributed by atoms with Gasteiger partial charge in [-0.2, -0.15) is 11.8 Å². The molecule has 2 atom stereocenters. The van der Waals surface area contributed by atoms with Crippen molar-refractivity contribution in [3.8, 4) is 0 Å². The molecule has 4 heteroatoms.